The normalized spacial score (nSPS) is 10.9. The summed E-state index contributed by atoms with van der Waals surface area (Å²) in [5, 5.41) is 5.95. The Balaban J connectivity index is 1.27. The van der Waals surface area contributed by atoms with Crippen molar-refractivity contribution in [2.24, 2.45) is 5.10 Å². The molecular weight excluding hydrogens is 488 g/mol. The fourth-order valence-electron chi connectivity index (χ4n) is 4.00. The molecule has 0 aliphatic carbocycles. The smallest absolute Gasteiger partial charge is 0.343 e. The monoisotopic (exact) mass is 514 g/mol. The van der Waals surface area contributed by atoms with Gasteiger partial charge in [0, 0.05) is 11.1 Å². The van der Waals surface area contributed by atoms with Crippen LogP contribution in [0.25, 0.3) is 10.8 Å². The van der Waals surface area contributed by atoms with E-state index < -0.39 is 5.97 Å². The molecule has 0 aromatic heterocycles. The summed E-state index contributed by atoms with van der Waals surface area (Å²) < 4.78 is 11.5. The molecule has 0 saturated heterocycles. The topological polar surface area (TPSA) is 77.0 Å². The summed E-state index contributed by atoms with van der Waals surface area (Å²) in [7, 11) is 0. The molecule has 0 heterocycles. The van der Waals surface area contributed by atoms with E-state index in [9.17, 15) is 9.59 Å². The lowest BCUT2D eigenvalue weighted by atomic mass is 10.0. The minimum absolute atomic E-state index is 0.343. The van der Waals surface area contributed by atoms with Crippen molar-refractivity contribution < 1.29 is 19.1 Å². The fraction of sp³-hybridized carbons (Fsp3) is 0.0606. The van der Waals surface area contributed by atoms with E-state index in [1.54, 1.807) is 54.6 Å². The highest BCUT2D eigenvalue weighted by Gasteiger charge is 2.13. The van der Waals surface area contributed by atoms with E-state index in [1.165, 1.54) is 11.8 Å². The Hall–Kier alpha value is -5.23. The van der Waals surface area contributed by atoms with Gasteiger partial charge >= 0.3 is 5.97 Å². The maximum absolute atomic E-state index is 12.7. The molecule has 5 rings (SSSR count). The quantitative estimate of drug-likeness (QED) is 0.108. The van der Waals surface area contributed by atoms with Gasteiger partial charge in [0.25, 0.3) is 5.91 Å². The zero-order valence-electron chi connectivity index (χ0n) is 21.3. The van der Waals surface area contributed by atoms with Gasteiger partial charge in [0.2, 0.25) is 0 Å². The van der Waals surface area contributed by atoms with E-state index in [1.807, 2.05) is 67.6 Å². The molecule has 0 spiro atoms. The number of fused-ring (bicyclic) bond motifs is 1. The van der Waals surface area contributed by atoms with Gasteiger partial charge in [-0.25, -0.2) is 10.2 Å². The Morgan fingerprint density at radius 1 is 0.769 bits per heavy atom. The summed E-state index contributed by atoms with van der Waals surface area (Å²) in [6.45, 7) is 2.48. The van der Waals surface area contributed by atoms with Gasteiger partial charge in [-0.1, -0.05) is 78.4 Å². The maximum atomic E-state index is 12.7. The number of hydrogen-bond acceptors (Lipinski definition) is 5. The van der Waals surface area contributed by atoms with Crippen LogP contribution < -0.4 is 14.9 Å². The highest BCUT2D eigenvalue weighted by molar-refractivity contribution is 6.04. The molecule has 1 N–H and O–H groups in total. The zero-order chi connectivity index (χ0) is 27.0. The first-order valence-electron chi connectivity index (χ1n) is 12.5. The molecular formula is C33H26N2O4. The third-order valence-corrected chi connectivity index (χ3v) is 6.15. The Kier molecular flexibility index (Phi) is 7.74. The van der Waals surface area contributed by atoms with E-state index in [0.717, 1.165) is 16.3 Å². The highest BCUT2D eigenvalue weighted by Crippen LogP contribution is 2.27. The summed E-state index contributed by atoms with van der Waals surface area (Å²) in [5.41, 5.74) is 6.27. The Labute approximate surface area is 226 Å². The predicted octanol–water partition coefficient (Wildman–Crippen LogP) is 6.71. The van der Waals surface area contributed by atoms with Crippen LogP contribution in [-0.4, -0.2) is 18.1 Å². The van der Waals surface area contributed by atoms with Crippen molar-refractivity contribution in [1.82, 2.24) is 5.43 Å². The van der Waals surface area contributed by atoms with Crippen LogP contribution in [0.2, 0.25) is 0 Å². The molecule has 192 valence electrons. The molecule has 5 aromatic carbocycles. The SMILES string of the molecule is Cc1ccc(COc2ccc(C(=O)N/N=C\c3c(OC(=O)c4ccccc4)ccc4ccccc34)cc2)cc1. The standard InChI is InChI=1S/C33H26N2O4/c1-23-11-13-24(14-12-23)22-38-28-18-15-26(16-19-28)32(36)35-34-21-30-29-10-6-5-7-25(29)17-20-31(30)39-33(37)27-8-3-2-4-9-27/h2-21H,22H2,1H3,(H,35,36)/b34-21-. The molecule has 6 nitrogen and oxygen atoms in total. The first-order chi connectivity index (χ1) is 19.1. The van der Waals surface area contributed by atoms with Crippen LogP contribution in [-0.2, 0) is 6.61 Å². The number of esters is 1. The first kappa shape index (κ1) is 25.4. The second kappa shape index (κ2) is 11.9. The van der Waals surface area contributed by atoms with Crippen molar-refractivity contribution in [3.8, 4) is 11.5 Å². The van der Waals surface area contributed by atoms with Crippen molar-refractivity contribution in [3.05, 3.63) is 143 Å². The number of aryl methyl sites for hydroxylation is 1. The summed E-state index contributed by atoms with van der Waals surface area (Å²) >= 11 is 0. The number of hydrogen-bond donors (Lipinski definition) is 1. The van der Waals surface area contributed by atoms with Gasteiger partial charge in [0.15, 0.2) is 0 Å². The average molecular weight is 515 g/mol. The van der Waals surface area contributed by atoms with Crippen molar-refractivity contribution in [3.63, 3.8) is 0 Å². The third-order valence-electron chi connectivity index (χ3n) is 6.15. The summed E-state index contributed by atoms with van der Waals surface area (Å²) in [6.07, 6.45) is 1.49. The van der Waals surface area contributed by atoms with E-state index in [0.29, 0.717) is 34.8 Å². The van der Waals surface area contributed by atoms with Gasteiger partial charge in [-0.15, -0.1) is 0 Å². The number of rotatable bonds is 8. The van der Waals surface area contributed by atoms with Crippen LogP contribution in [0.1, 0.15) is 37.4 Å². The average Bonchev–Trinajstić information content (AvgIpc) is 2.98. The van der Waals surface area contributed by atoms with Crippen LogP contribution in [0.5, 0.6) is 11.5 Å². The second-order valence-corrected chi connectivity index (χ2v) is 8.95. The van der Waals surface area contributed by atoms with Gasteiger partial charge in [-0.3, -0.25) is 4.79 Å². The molecule has 39 heavy (non-hydrogen) atoms. The molecule has 0 aliphatic rings. The lowest BCUT2D eigenvalue weighted by Crippen LogP contribution is -2.17. The molecule has 6 heteroatoms. The van der Waals surface area contributed by atoms with Gasteiger partial charge in [0.05, 0.1) is 11.8 Å². The summed E-state index contributed by atoms with van der Waals surface area (Å²) in [5.74, 6) is 0.153. The van der Waals surface area contributed by atoms with E-state index in [4.69, 9.17) is 9.47 Å². The molecule has 0 bridgehead atoms. The predicted molar refractivity (Wildman–Crippen MR) is 152 cm³/mol. The van der Waals surface area contributed by atoms with Crippen molar-refractivity contribution in [1.29, 1.82) is 0 Å². The number of nitrogens with zero attached hydrogens (tertiary/aromatic N) is 1. The second-order valence-electron chi connectivity index (χ2n) is 8.95. The van der Waals surface area contributed by atoms with Gasteiger partial charge in [0.1, 0.15) is 18.1 Å². The Bertz CT molecular complexity index is 1630. The number of ether oxygens (including phenoxy) is 2. The Morgan fingerprint density at radius 3 is 2.26 bits per heavy atom. The van der Waals surface area contributed by atoms with Gasteiger partial charge in [-0.05, 0) is 65.7 Å². The zero-order valence-corrected chi connectivity index (χ0v) is 21.3. The summed E-state index contributed by atoms with van der Waals surface area (Å²) in [6, 6.07) is 35.0. The van der Waals surface area contributed by atoms with Gasteiger partial charge in [-0.2, -0.15) is 5.10 Å². The molecule has 1 amide bonds. The Morgan fingerprint density at radius 2 is 1.49 bits per heavy atom. The van der Waals surface area contributed by atoms with Crippen LogP contribution in [0, 0.1) is 6.92 Å². The van der Waals surface area contributed by atoms with E-state index >= 15 is 0 Å². The molecule has 5 aromatic rings. The van der Waals surface area contributed by atoms with Crippen molar-refractivity contribution >= 4 is 28.9 Å². The van der Waals surface area contributed by atoms with Crippen LogP contribution in [0.15, 0.2) is 120 Å². The number of nitrogens with one attached hydrogen (secondary N) is 1. The van der Waals surface area contributed by atoms with E-state index in [-0.39, 0.29) is 5.91 Å². The fourth-order valence-corrected chi connectivity index (χ4v) is 4.00. The van der Waals surface area contributed by atoms with Crippen LogP contribution in [0.4, 0.5) is 0 Å². The number of carbonyl (C=O) groups is 2. The number of carbonyl (C=O) groups excluding carboxylic acids is 2. The van der Waals surface area contributed by atoms with Crippen LogP contribution >= 0.6 is 0 Å². The number of hydrazone groups is 1. The van der Waals surface area contributed by atoms with Crippen molar-refractivity contribution in [2.75, 3.05) is 0 Å². The number of benzene rings is 5. The van der Waals surface area contributed by atoms with Crippen LogP contribution in [0.3, 0.4) is 0 Å². The molecule has 0 atom stereocenters. The lowest BCUT2D eigenvalue weighted by Gasteiger charge is -2.10. The molecule has 0 saturated carbocycles. The lowest BCUT2D eigenvalue weighted by molar-refractivity contribution is 0.0734. The first-order valence-corrected chi connectivity index (χ1v) is 12.5. The van der Waals surface area contributed by atoms with Gasteiger partial charge < -0.3 is 9.47 Å². The minimum Gasteiger partial charge on any atom is -0.489 e. The minimum atomic E-state index is -0.478. The molecule has 0 radical (unpaired) electrons. The molecule has 0 aliphatic heterocycles. The van der Waals surface area contributed by atoms with E-state index in [2.05, 4.69) is 10.5 Å². The highest BCUT2D eigenvalue weighted by atomic mass is 16.5. The largest absolute Gasteiger partial charge is 0.489 e. The molecule has 0 fully saturated rings. The third kappa shape index (κ3) is 6.37. The maximum Gasteiger partial charge on any atom is 0.343 e. The van der Waals surface area contributed by atoms with Crippen molar-refractivity contribution in [2.45, 2.75) is 13.5 Å². The number of amides is 1. The molecule has 0 unspecified atom stereocenters. The summed E-state index contributed by atoms with van der Waals surface area (Å²) in [4.78, 5) is 25.4.